The van der Waals surface area contributed by atoms with Gasteiger partial charge < -0.3 is 13.9 Å². The minimum Gasteiger partial charge on any atom is -0.736 e. The van der Waals surface area contributed by atoms with Crippen molar-refractivity contribution in [3.05, 3.63) is 95.1 Å². The van der Waals surface area contributed by atoms with Crippen LogP contribution in [-0.4, -0.2) is 5.78 Å². The average molecular weight is 418 g/mol. The van der Waals surface area contributed by atoms with Crippen LogP contribution in [0.3, 0.4) is 0 Å². The minimum atomic E-state index is -4.62. The number of carbonyl (C=O) groups excluding carboxylic acids is 1. The molecule has 0 bridgehead atoms. The van der Waals surface area contributed by atoms with E-state index >= 15 is 0 Å². The first-order valence-electron chi connectivity index (χ1n) is 8.78. The molecule has 0 saturated carbocycles. The molecule has 0 amide bonds. The maximum atomic E-state index is 12.6. The summed E-state index contributed by atoms with van der Waals surface area (Å²) in [6, 6.07) is 20.9. The average Bonchev–Trinajstić information content (AvgIpc) is 2.66. The number of phosphoric ester groups is 1. The Labute approximate surface area is 192 Å². The normalized spacial score (nSPS) is 12.4. The van der Waals surface area contributed by atoms with Gasteiger partial charge in [-0.2, -0.15) is 0 Å². The Morgan fingerprint density at radius 2 is 1.41 bits per heavy atom. The zero-order valence-corrected chi connectivity index (χ0v) is 19.5. The van der Waals surface area contributed by atoms with Crippen LogP contribution in [0.15, 0.2) is 72.8 Å². The predicted molar refractivity (Wildman–Crippen MR) is 106 cm³/mol. The molecule has 29 heavy (non-hydrogen) atoms. The van der Waals surface area contributed by atoms with Gasteiger partial charge in [0.15, 0.2) is 5.78 Å². The summed E-state index contributed by atoms with van der Waals surface area (Å²) in [6.45, 7) is 3.40. The van der Waals surface area contributed by atoms with Crippen LogP contribution < -0.4 is 43.5 Å². The maximum absolute atomic E-state index is 12.6. The molecule has 0 N–H and O–H groups in total. The molecule has 1 atom stereocenters. The molecule has 3 aromatic carbocycles. The van der Waals surface area contributed by atoms with Gasteiger partial charge in [0, 0.05) is 12.0 Å². The van der Waals surface area contributed by atoms with Crippen molar-refractivity contribution in [3.8, 4) is 11.5 Å². The summed E-state index contributed by atoms with van der Waals surface area (Å²) in [5.41, 5.74) is 2.52. The number of carbonyl (C=O) groups is 1. The number of rotatable bonds is 7. The molecule has 0 aliphatic rings. The third-order valence-corrected chi connectivity index (χ3v) is 4.99. The van der Waals surface area contributed by atoms with Gasteiger partial charge in [-0.3, -0.25) is 4.79 Å². The van der Waals surface area contributed by atoms with E-state index in [1.807, 2.05) is 30.3 Å². The number of aryl methyl sites for hydroxylation is 2. The number of Topliss-reactive ketones (excluding diaryl/α,β-unsaturated/α-hetero) is 1. The Bertz CT molecular complexity index is 999. The molecule has 0 aromatic heterocycles. The van der Waals surface area contributed by atoms with Gasteiger partial charge in [0.1, 0.15) is 11.5 Å². The Morgan fingerprint density at radius 3 is 1.97 bits per heavy atom. The van der Waals surface area contributed by atoms with E-state index in [0.29, 0.717) is 16.7 Å². The number of para-hydroxylation sites is 1. The van der Waals surface area contributed by atoms with E-state index in [0.717, 1.165) is 5.56 Å². The van der Waals surface area contributed by atoms with Gasteiger partial charge >= 0.3 is 37.4 Å². The van der Waals surface area contributed by atoms with Crippen molar-refractivity contribution in [1.29, 1.82) is 0 Å². The van der Waals surface area contributed by atoms with Crippen LogP contribution >= 0.6 is 7.82 Å². The van der Waals surface area contributed by atoms with Gasteiger partial charge in [-0.05, 0) is 54.8 Å². The topological polar surface area (TPSA) is 75.7 Å². The van der Waals surface area contributed by atoms with Crippen LogP contribution in [0.1, 0.15) is 27.0 Å². The molecule has 0 fully saturated rings. The summed E-state index contributed by atoms with van der Waals surface area (Å²) >= 11 is 0. The third-order valence-electron chi connectivity index (χ3n) is 4.15. The molecular weight excluding hydrogens is 398 g/mol. The molecule has 7 heteroatoms. The maximum Gasteiger partial charge on any atom is 1.00 e. The van der Waals surface area contributed by atoms with E-state index in [-0.39, 0.29) is 53.3 Å². The van der Waals surface area contributed by atoms with E-state index in [1.165, 1.54) is 12.1 Å². The monoisotopic (exact) mass is 418 g/mol. The summed E-state index contributed by atoms with van der Waals surface area (Å²) in [5, 5.41) is 0. The first kappa shape index (κ1) is 23.4. The van der Waals surface area contributed by atoms with Crippen molar-refractivity contribution >= 4 is 13.6 Å². The number of hydrogen-bond acceptors (Lipinski definition) is 5. The van der Waals surface area contributed by atoms with Gasteiger partial charge in [-0.25, -0.2) is 4.57 Å². The van der Waals surface area contributed by atoms with Crippen LogP contribution in [0, 0.1) is 13.8 Å². The molecule has 0 spiro atoms. The first-order chi connectivity index (χ1) is 13.3. The van der Waals surface area contributed by atoms with E-state index in [2.05, 4.69) is 0 Å². The molecule has 3 aromatic rings. The second-order valence-electron chi connectivity index (χ2n) is 6.47. The third kappa shape index (κ3) is 6.56. The Hall–Kier alpha value is -1.88. The summed E-state index contributed by atoms with van der Waals surface area (Å²) < 4.78 is 22.4. The Morgan fingerprint density at radius 1 is 0.897 bits per heavy atom. The zero-order chi connectivity index (χ0) is 20.1. The predicted octanol–water partition coefficient (Wildman–Crippen LogP) is 1.66. The standard InChI is InChI=1S/C22H21O5P.Na/c1-16-13-19(21(23)15-18-9-5-3-6-10-18)14-17(2)22(16)27-28(24,25)26-20-11-7-4-8-12-20;/h3-14H,15H2,1-2H3,(H,24,25);/q;+1/p-1. The minimum absolute atomic E-state index is 0. The molecular formula is C22H20NaO5P. The van der Waals surface area contributed by atoms with Crippen molar-refractivity contribution in [1.82, 2.24) is 0 Å². The van der Waals surface area contributed by atoms with Crippen molar-refractivity contribution in [2.45, 2.75) is 20.3 Å². The second-order valence-corrected chi connectivity index (χ2v) is 7.73. The van der Waals surface area contributed by atoms with Gasteiger partial charge in [0.05, 0.1) is 0 Å². The summed E-state index contributed by atoms with van der Waals surface area (Å²) in [7, 11) is -4.62. The smallest absolute Gasteiger partial charge is 0.736 e. The summed E-state index contributed by atoms with van der Waals surface area (Å²) in [5.74, 6) is 0.297. The summed E-state index contributed by atoms with van der Waals surface area (Å²) in [4.78, 5) is 24.8. The van der Waals surface area contributed by atoms with Gasteiger partial charge in [0.25, 0.3) is 0 Å². The van der Waals surface area contributed by atoms with E-state index in [1.54, 1.807) is 44.2 Å². The number of phosphoric acid groups is 1. The zero-order valence-electron chi connectivity index (χ0n) is 16.6. The Kier molecular flexibility index (Phi) is 8.26. The molecule has 0 radical (unpaired) electrons. The van der Waals surface area contributed by atoms with E-state index in [9.17, 15) is 14.3 Å². The second kappa shape index (κ2) is 10.2. The fraction of sp³-hybridized carbons (Fsp3) is 0.136. The molecule has 0 saturated heterocycles. The van der Waals surface area contributed by atoms with Gasteiger partial charge in [-0.1, -0.05) is 48.5 Å². The first-order valence-corrected chi connectivity index (χ1v) is 10.2. The van der Waals surface area contributed by atoms with Crippen molar-refractivity contribution in [2.75, 3.05) is 0 Å². The van der Waals surface area contributed by atoms with E-state index < -0.39 is 7.82 Å². The van der Waals surface area contributed by atoms with Crippen LogP contribution in [0.2, 0.25) is 0 Å². The molecule has 0 aliphatic carbocycles. The van der Waals surface area contributed by atoms with Crippen molar-refractivity contribution < 1.29 is 52.9 Å². The van der Waals surface area contributed by atoms with Crippen LogP contribution in [0.5, 0.6) is 11.5 Å². The number of ketones is 1. The number of hydrogen-bond donors (Lipinski definition) is 0. The number of benzene rings is 3. The molecule has 5 nitrogen and oxygen atoms in total. The van der Waals surface area contributed by atoms with Crippen LogP contribution in [0.25, 0.3) is 0 Å². The molecule has 1 unspecified atom stereocenters. The largest absolute Gasteiger partial charge is 1.00 e. The van der Waals surface area contributed by atoms with Crippen molar-refractivity contribution in [3.63, 3.8) is 0 Å². The molecule has 0 aliphatic heterocycles. The molecule has 144 valence electrons. The molecule has 3 rings (SSSR count). The van der Waals surface area contributed by atoms with Gasteiger partial charge in [0.2, 0.25) is 0 Å². The van der Waals surface area contributed by atoms with E-state index in [4.69, 9.17) is 9.05 Å². The Balaban J connectivity index is 0.00000300. The fourth-order valence-corrected chi connectivity index (χ4v) is 3.81. The SMILES string of the molecule is Cc1cc(C(=O)Cc2ccccc2)cc(C)c1OP(=O)([O-])Oc1ccccc1.[Na+]. The van der Waals surface area contributed by atoms with Gasteiger partial charge in [-0.15, -0.1) is 0 Å². The van der Waals surface area contributed by atoms with Crippen molar-refractivity contribution in [2.24, 2.45) is 0 Å². The molecule has 0 heterocycles. The van der Waals surface area contributed by atoms with Crippen LogP contribution in [0.4, 0.5) is 0 Å². The fourth-order valence-electron chi connectivity index (χ4n) is 2.88. The summed E-state index contributed by atoms with van der Waals surface area (Å²) in [6.07, 6.45) is 0.275. The quantitative estimate of drug-likeness (QED) is 0.332. The van der Waals surface area contributed by atoms with Crippen LogP contribution in [-0.2, 0) is 11.0 Å².